The fourth-order valence-corrected chi connectivity index (χ4v) is 3.07. The summed E-state index contributed by atoms with van der Waals surface area (Å²) in [6, 6.07) is 8.20. The smallest absolute Gasteiger partial charge is 0.251 e. The summed E-state index contributed by atoms with van der Waals surface area (Å²) in [5.41, 5.74) is 0.664. The number of hydrogen-bond donors (Lipinski definition) is 1. The minimum absolute atomic E-state index is 0.0652. The van der Waals surface area contributed by atoms with Crippen molar-refractivity contribution in [3.63, 3.8) is 0 Å². The lowest BCUT2D eigenvalue weighted by molar-refractivity contribution is 0.0963. The van der Waals surface area contributed by atoms with E-state index in [0.29, 0.717) is 5.56 Å². The van der Waals surface area contributed by atoms with Gasteiger partial charge in [0.2, 0.25) is 0 Å². The van der Waals surface area contributed by atoms with Gasteiger partial charge in [-0.05, 0) is 56.0 Å². The first kappa shape index (κ1) is 13.4. The third-order valence-corrected chi connectivity index (χ3v) is 4.34. The van der Waals surface area contributed by atoms with E-state index in [1.165, 1.54) is 19.4 Å². The Hall–Kier alpha value is -1.55. The number of benzene rings is 1. The molecule has 1 aliphatic carbocycles. The van der Waals surface area contributed by atoms with Gasteiger partial charge < -0.3 is 10.1 Å². The molecule has 1 saturated heterocycles. The highest BCUT2D eigenvalue weighted by Gasteiger charge is 2.46. The molecule has 1 N–H and O–H groups in total. The zero-order chi connectivity index (χ0) is 13.9. The quantitative estimate of drug-likeness (QED) is 0.806. The Kier molecular flexibility index (Phi) is 3.92. The molecule has 1 amide bonds. The summed E-state index contributed by atoms with van der Waals surface area (Å²) in [6.07, 6.45) is 3.88. The Balaban J connectivity index is 1.38. The summed E-state index contributed by atoms with van der Waals surface area (Å²) >= 11 is 0. The number of nitrogens with zero attached hydrogens (tertiary/aromatic N) is 1. The second-order valence-corrected chi connectivity index (χ2v) is 5.69. The van der Waals surface area contributed by atoms with E-state index >= 15 is 0 Å². The van der Waals surface area contributed by atoms with Gasteiger partial charge in [0.05, 0.1) is 6.61 Å². The lowest BCUT2D eigenvalue weighted by atomic mass is 10.2. The molecular formula is C16H22N2O2. The molecular weight excluding hydrogens is 252 g/mol. The van der Waals surface area contributed by atoms with Crippen LogP contribution in [0.2, 0.25) is 0 Å². The molecule has 2 fully saturated rings. The molecule has 1 saturated carbocycles. The van der Waals surface area contributed by atoms with Gasteiger partial charge in [-0.25, -0.2) is 0 Å². The molecule has 0 unspecified atom stereocenters. The minimum atomic E-state index is -0.0652. The SMILES string of the molecule is CNC(=O)c1ccc(OCCCN2CC[C@H]3C[C@H]32)cc1. The number of carbonyl (C=O) groups excluding carboxylic acids is 1. The predicted octanol–water partition coefficient (Wildman–Crippen LogP) is 1.91. The highest BCUT2D eigenvalue weighted by Crippen LogP contribution is 2.44. The fourth-order valence-electron chi connectivity index (χ4n) is 3.07. The number of ether oxygens (including phenoxy) is 1. The standard InChI is InChI=1S/C16H22N2O2/c1-17-16(19)12-3-5-14(6-4-12)20-10-2-8-18-9-7-13-11-15(13)18/h3-6,13,15H,2,7-11H2,1H3,(H,17,19)/t13-,15+/m0/s1. The third-order valence-electron chi connectivity index (χ3n) is 4.34. The van der Waals surface area contributed by atoms with Crippen molar-refractivity contribution in [1.29, 1.82) is 0 Å². The van der Waals surface area contributed by atoms with Crippen LogP contribution in [0.1, 0.15) is 29.6 Å². The van der Waals surface area contributed by atoms with Gasteiger partial charge in [0.1, 0.15) is 5.75 Å². The highest BCUT2D eigenvalue weighted by molar-refractivity contribution is 5.94. The molecule has 20 heavy (non-hydrogen) atoms. The van der Waals surface area contributed by atoms with E-state index in [1.807, 2.05) is 12.1 Å². The molecule has 0 radical (unpaired) electrons. The van der Waals surface area contributed by atoms with Crippen molar-refractivity contribution in [2.24, 2.45) is 5.92 Å². The number of likely N-dealkylation sites (tertiary alicyclic amines) is 1. The van der Waals surface area contributed by atoms with Crippen LogP contribution in [-0.4, -0.2) is 43.6 Å². The summed E-state index contributed by atoms with van der Waals surface area (Å²) < 4.78 is 5.72. The van der Waals surface area contributed by atoms with E-state index in [9.17, 15) is 4.79 Å². The van der Waals surface area contributed by atoms with Crippen LogP contribution in [0.4, 0.5) is 0 Å². The van der Waals surface area contributed by atoms with E-state index in [0.717, 1.165) is 37.3 Å². The second-order valence-electron chi connectivity index (χ2n) is 5.69. The summed E-state index contributed by atoms with van der Waals surface area (Å²) in [5.74, 6) is 1.78. The average molecular weight is 274 g/mol. The van der Waals surface area contributed by atoms with Crippen molar-refractivity contribution in [2.45, 2.75) is 25.3 Å². The maximum absolute atomic E-state index is 11.4. The van der Waals surface area contributed by atoms with Crippen LogP contribution in [0.3, 0.4) is 0 Å². The molecule has 0 bridgehead atoms. The van der Waals surface area contributed by atoms with Crippen molar-refractivity contribution in [2.75, 3.05) is 26.7 Å². The largest absolute Gasteiger partial charge is 0.494 e. The topological polar surface area (TPSA) is 41.6 Å². The molecule has 1 aromatic carbocycles. The number of piperidine rings is 1. The lowest BCUT2D eigenvalue weighted by Gasteiger charge is -2.17. The Morgan fingerprint density at radius 2 is 2.20 bits per heavy atom. The van der Waals surface area contributed by atoms with Gasteiger partial charge in [-0.1, -0.05) is 0 Å². The number of nitrogens with one attached hydrogen (secondary N) is 1. The lowest BCUT2D eigenvalue weighted by Crippen LogP contribution is -2.25. The van der Waals surface area contributed by atoms with Gasteiger partial charge in [0.15, 0.2) is 0 Å². The van der Waals surface area contributed by atoms with Gasteiger partial charge in [0, 0.05) is 25.2 Å². The van der Waals surface area contributed by atoms with Crippen molar-refractivity contribution >= 4 is 5.91 Å². The van der Waals surface area contributed by atoms with Crippen LogP contribution in [-0.2, 0) is 0 Å². The molecule has 0 aromatic heterocycles. The Morgan fingerprint density at radius 1 is 1.40 bits per heavy atom. The number of carbonyl (C=O) groups is 1. The number of fused-ring (bicyclic) bond motifs is 1. The molecule has 4 heteroatoms. The first-order chi connectivity index (χ1) is 9.78. The summed E-state index contributed by atoms with van der Waals surface area (Å²) in [5, 5.41) is 2.61. The van der Waals surface area contributed by atoms with Gasteiger partial charge in [-0.15, -0.1) is 0 Å². The Bertz CT molecular complexity index is 472. The van der Waals surface area contributed by atoms with Crippen molar-refractivity contribution in [3.8, 4) is 5.75 Å². The van der Waals surface area contributed by atoms with Gasteiger partial charge in [-0.3, -0.25) is 9.69 Å². The van der Waals surface area contributed by atoms with Crippen LogP contribution < -0.4 is 10.1 Å². The first-order valence-electron chi connectivity index (χ1n) is 7.47. The molecule has 108 valence electrons. The summed E-state index contributed by atoms with van der Waals surface area (Å²) in [7, 11) is 1.63. The van der Waals surface area contributed by atoms with Crippen LogP contribution in [0.5, 0.6) is 5.75 Å². The van der Waals surface area contributed by atoms with Crippen molar-refractivity contribution in [1.82, 2.24) is 10.2 Å². The molecule has 1 aliphatic heterocycles. The van der Waals surface area contributed by atoms with Crippen LogP contribution in [0.25, 0.3) is 0 Å². The normalized spacial score (nSPS) is 24.2. The molecule has 1 heterocycles. The van der Waals surface area contributed by atoms with E-state index in [2.05, 4.69) is 10.2 Å². The second kappa shape index (κ2) is 5.83. The molecule has 4 nitrogen and oxygen atoms in total. The molecule has 2 aliphatic rings. The average Bonchev–Trinajstić information content (AvgIpc) is 3.17. The zero-order valence-corrected chi connectivity index (χ0v) is 12.0. The van der Waals surface area contributed by atoms with Crippen LogP contribution in [0, 0.1) is 5.92 Å². The minimum Gasteiger partial charge on any atom is -0.494 e. The first-order valence-corrected chi connectivity index (χ1v) is 7.47. The third kappa shape index (κ3) is 2.96. The molecule has 3 rings (SSSR count). The maximum Gasteiger partial charge on any atom is 0.251 e. The fraction of sp³-hybridized carbons (Fsp3) is 0.562. The van der Waals surface area contributed by atoms with Gasteiger partial charge >= 0.3 is 0 Å². The zero-order valence-electron chi connectivity index (χ0n) is 12.0. The van der Waals surface area contributed by atoms with Crippen molar-refractivity contribution < 1.29 is 9.53 Å². The van der Waals surface area contributed by atoms with Gasteiger partial charge in [-0.2, -0.15) is 0 Å². The van der Waals surface area contributed by atoms with Crippen LogP contribution in [0.15, 0.2) is 24.3 Å². The van der Waals surface area contributed by atoms with E-state index < -0.39 is 0 Å². The van der Waals surface area contributed by atoms with E-state index in [-0.39, 0.29) is 5.91 Å². The Labute approximate surface area is 120 Å². The summed E-state index contributed by atoms with van der Waals surface area (Å²) in [4.78, 5) is 14.0. The number of amides is 1. The molecule has 0 spiro atoms. The number of hydrogen-bond acceptors (Lipinski definition) is 3. The molecule has 1 aromatic rings. The Morgan fingerprint density at radius 3 is 2.80 bits per heavy atom. The van der Waals surface area contributed by atoms with E-state index in [1.54, 1.807) is 19.2 Å². The monoisotopic (exact) mass is 274 g/mol. The van der Waals surface area contributed by atoms with Gasteiger partial charge in [0.25, 0.3) is 5.91 Å². The highest BCUT2D eigenvalue weighted by atomic mass is 16.5. The van der Waals surface area contributed by atoms with Crippen LogP contribution >= 0.6 is 0 Å². The summed E-state index contributed by atoms with van der Waals surface area (Å²) in [6.45, 7) is 3.17. The van der Waals surface area contributed by atoms with E-state index in [4.69, 9.17) is 4.74 Å². The predicted molar refractivity (Wildman–Crippen MR) is 78.0 cm³/mol. The molecule has 2 atom stereocenters. The maximum atomic E-state index is 11.4. The number of rotatable bonds is 6. The van der Waals surface area contributed by atoms with Crippen molar-refractivity contribution in [3.05, 3.63) is 29.8 Å².